The molecular formula is C15H26N2O2Si. The molecule has 1 aliphatic rings. The van der Waals surface area contributed by atoms with Gasteiger partial charge < -0.3 is 14.8 Å². The molecule has 1 aromatic rings. The third kappa shape index (κ3) is 4.31. The summed E-state index contributed by atoms with van der Waals surface area (Å²) in [6, 6.07) is 8.31. The van der Waals surface area contributed by atoms with Crippen LogP contribution >= 0.6 is 0 Å². The molecule has 1 atom stereocenters. The van der Waals surface area contributed by atoms with Crippen molar-refractivity contribution >= 4 is 8.32 Å². The van der Waals surface area contributed by atoms with E-state index in [0.717, 1.165) is 37.5 Å². The van der Waals surface area contributed by atoms with Crippen LogP contribution < -0.4 is 9.74 Å². The zero-order chi connectivity index (χ0) is 14.6. The molecule has 0 bridgehead atoms. The van der Waals surface area contributed by atoms with Gasteiger partial charge in [-0.2, -0.15) is 0 Å². The zero-order valence-electron chi connectivity index (χ0n) is 12.7. The largest absolute Gasteiger partial charge is 0.544 e. The van der Waals surface area contributed by atoms with Gasteiger partial charge in [-0.25, -0.2) is 0 Å². The summed E-state index contributed by atoms with van der Waals surface area (Å²) in [6.45, 7) is 10.7. The molecule has 112 valence electrons. The summed E-state index contributed by atoms with van der Waals surface area (Å²) in [5.74, 6) is 0.935. The van der Waals surface area contributed by atoms with E-state index in [1.165, 1.54) is 0 Å². The van der Waals surface area contributed by atoms with Crippen LogP contribution in [0.3, 0.4) is 0 Å². The Bertz CT molecular complexity index is 411. The molecule has 0 unspecified atom stereocenters. The minimum atomic E-state index is -1.55. The van der Waals surface area contributed by atoms with Gasteiger partial charge in [0, 0.05) is 26.2 Å². The summed E-state index contributed by atoms with van der Waals surface area (Å²) in [5.41, 5.74) is 1.16. The van der Waals surface area contributed by atoms with Crippen LogP contribution in [0.5, 0.6) is 5.75 Å². The number of nitrogens with zero attached hydrogens (tertiary/aromatic N) is 1. The topological polar surface area (TPSA) is 44.7 Å². The minimum Gasteiger partial charge on any atom is -0.544 e. The molecule has 0 amide bonds. The van der Waals surface area contributed by atoms with E-state index in [4.69, 9.17) is 4.43 Å². The molecule has 2 rings (SSSR count). The van der Waals surface area contributed by atoms with Gasteiger partial charge in [0.15, 0.2) is 0 Å². The van der Waals surface area contributed by atoms with Crippen molar-refractivity contribution in [2.45, 2.75) is 25.7 Å². The number of hydrogen-bond acceptors (Lipinski definition) is 4. The Labute approximate surface area is 122 Å². The lowest BCUT2D eigenvalue weighted by Gasteiger charge is -2.34. The quantitative estimate of drug-likeness (QED) is 0.814. The molecule has 4 nitrogen and oxygen atoms in total. The third-order valence-corrected chi connectivity index (χ3v) is 4.30. The average Bonchev–Trinajstić information content (AvgIpc) is 2.41. The molecule has 1 saturated heterocycles. The Hall–Kier alpha value is -0.883. The van der Waals surface area contributed by atoms with Crippen LogP contribution in [0.2, 0.25) is 19.6 Å². The van der Waals surface area contributed by atoms with E-state index >= 15 is 0 Å². The number of rotatable bonds is 5. The van der Waals surface area contributed by atoms with E-state index in [-0.39, 0.29) is 12.6 Å². The lowest BCUT2D eigenvalue weighted by Crippen LogP contribution is -2.46. The maximum atomic E-state index is 9.70. The van der Waals surface area contributed by atoms with Crippen molar-refractivity contribution in [2.75, 3.05) is 32.8 Å². The summed E-state index contributed by atoms with van der Waals surface area (Å²) in [6.07, 6.45) is 0. The number of benzene rings is 1. The van der Waals surface area contributed by atoms with Gasteiger partial charge in [0.1, 0.15) is 5.75 Å². The Balaban J connectivity index is 2.06. The van der Waals surface area contributed by atoms with Gasteiger partial charge in [0.2, 0.25) is 8.32 Å². The van der Waals surface area contributed by atoms with Crippen molar-refractivity contribution < 1.29 is 9.53 Å². The Morgan fingerprint density at radius 3 is 2.30 bits per heavy atom. The molecule has 0 aromatic heterocycles. The highest BCUT2D eigenvalue weighted by Gasteiger charge is 2.22. The predicted octanol–water partition coefficient (Wildman–Crippen LogP) is 1.84. The molecule has 1 aromatic carbocycles. The fourth-order valence-corrected chi connectivity index (χ4v) is 3.38. The predicted molar refractivity (Wildman–Crippen MR) is 84.7 cm³/mol. The number of nitrogens with one attached hydrogen (secondary N) is 1. The van der Waals surface area contributed by atoms with E-state index in [1.54, 1.807) is 0 Å². The molecular weight excluding hydrogens is 268 g/mol. The summed E-state index contributed by atoms with van der Waals surface area (Å²) in [5, 5.41) is 13.0. The number of hydrogen-bond donors (Lipinski definition) is 2. The molecule has 5 heteroatoms. The lowest BCUT2D eigenvalue weighted by molar-refractivity contribution is 0.111. The van der Waals surface area contributed by atoms with Crippen LogP contribution in [-0.2, 0) is 0 Å². The molecule has 0 spiro atoms. The zero-order valence-corrected chi connectivity index (χ0v) is 13.7. The number of piperazine rings is 1. The first-order chi connectivity index (χ1) is 9.49. The van der Waals surface area contributed by atoms with Crippen LogP contribution in [0.4, 0.5) is 0 Å². The fraction of sp³-hybridized carbons (Fsp3) is 0.600. The smallest absolute Gasteiger partial charge is 0.242 e. The van der Waals surface area contributed by atoms with Crippen molar-refractivity contribution in [2.24, 2.45) is 0 Å². The normalized spacial score (nSPS) is 18.8. The standard InChI is InChI=1S/C15H26N2O2Si/c1-20(2,3)19-14-6-4-13(5-7-14)15(12-18)17-10-8-16-9-11-17/h4-7,15-16,18H,8-12H2,1-3H3/t15-/m0/s1. The van der Waals surface area contributed by atoms with E-state index in [9.17, 15) is 5.11 Å². The van der Waals surface area contributed by atoms with Crippen LogP contribution in [0.1, 0.15) is 11.6 Å². The third-order valence-electron chi connectivity index (χ3n) is 3.45. The molecule has 0 saturated carbocycles. The van der Waals surface area contributed by atoms with Crippen molar-refractivity contribution in [3.05, 3.63) is 29.8 Å². The second-order valence-corrected chi connectivity index (χ2v) is 10.7. The highest BCUT2D eigenvalue weighted by atomic mass is 28.4. The first-order valence-electron chi connectivity index (χ1n) is 7.34. The maximum absolute atomic E-state index is 9.70. The van der Waals surface area contributed by atoms with Crippen molar-refractivity contribution in [1.29, 1.82) is 0 Å². The van der Waals surface area contributed by atoms with Gasteiger partial charge in [0.25, 0.3) is 0 Å². The van der Waals surface area contributed by atoms with Gasteiger partial charge in [0.05, 0.1) is 12.6 Å². The number of aliphatic hydroxyl groups excluding tert-OH is 1. The molecule has 20 heavy (non-hydrogen) atoms. The van der Waals surface area contributed by atoms with Crippen molar-refractivity contribution in [3.63, 3.8) is 0 Å². The molecule has 2 N–H and O–H groups in total. The van der Waals surface area contributed by atoms with Gasteiger partial charge in [-0.05, 0) is 37.3 Å². The molecule has 1 heterocycles. The summed E-state index contributed by atoms with van der Waals surface area (Å²) < 4.78 is 5.97. The van der Waals surface area contributed by atoms with Crippen LogP contribution in [0, 0.1) is 0 Å². The first kappa shape index (κ1) is 15.5. The van der Waals surface area contributed by atoms with Gasteiger partial charge in [-0.15, -0.1) is 0 Å². The molecule has 0 radical (unpaired) electrons. The second-order valence-electron chi connectivity index (χ2n) is 6.27. The van der Waals surface area contributed by atoms with E-state index in [2.05, 4.69) is 42.0 Å². The number of aliphatic hydroxyl groups is 1. The Kier molecular flexibility index (Phi) is 5.21. The maximum Gasteiger partial charge on any atom is 0.242 e. The van der Waals surface area contributed by atoms with Gasteiger partial charge in [-0.1, -0.05) is 12.1 Å². The average molecular weight is 294 g/mol. The minimum absolute atomic E-state index is 0.0954. The van der Waals surface area contributed by atoms with Crippen molar-refractivity contribution in [3.8, 4) is 5.75 Å². The molecule has 1 fully saturated rings. The van der Waals surface area contributed by atoms with Gasteiger partial charge >= 0.3 is 0 Å². The first-order valence-corrected chi connectivity index (χ1v) is 10.7. The SMILES string of the molecule is C[Si](C)(C)Oc1ccc([C@H](CO)N2CCNCC2)cc1. The molecule has 0 aliphatic carbocycles. The van der Waals surface area contributed by atoms with Crippen LogP contribution in [0.25, 0.3) is 0 Å². The van der Waals surface area contributed by atoms with E-state index in [1.807, 2.05) is 12.1 Å². The van der Waals surface area contributed by atoms with Gasteiger partial charge in [-0.3, -0.25) is 4.90 Å². The monoisotopic (exact) mass is 294 g/mol. The highest BCUT2D eigenvalue weighted by Crippen LogP contribution is 2.24. The van der Waals surface area contributed by atoms with Crippen LogP contribution in [0.15, 0.2) is 24.3 Å². The van der Waals surface area contributed by atoms with Crippen LogP contribution in [-0.4, -0.2) is 51.1 Å². The van der Waals surface area contributed by atoms with Crippen molar-refractivity contribution in [1.82, 2.24) is 10.2 Å². The van der Waals surface area contributed by atoms with E-state index < -0.39 is 8.32 Å². The Morgan fingerprint density at radius 1 is 1.20 bits per heavy atom. The summed E-state index contributed by atoms with van der Waals surface area (Å²) >= 11 is 0. The van der Waals surface area contributed by atoms with E-state index in [0.29, 0.717) is 0 Å². The Morgan fingerprint density at radius 2 is 1.80 bits per heavy atom. The molecule has 1 aliphatic heterocycles. The lowest BCUT2D eigenvalue weighted by atomic mass is 10.1. The summed E-state index contributed by atoms with van der Waals surface area (Å²) in [4.78, 5) is 2.34. The fourth-order valence-electron chi connectivity index (χ4n) is 2.54. The highest BCUT2D eigenvalue weighted by molar-refractivity contribution is 6.70. The second kappa shape index (κ2) is 6.71. The summed E-state index contributed by atoms with van der Waals surface area (Å²) in [7, 11) is -1.55.